The summed E-state index contributed by atoms with van der Waals surface area (Å²) < 4.78 is 5.39. The van der Waals surface area contributed by atoms with Crippen LogP contribution in [0, 0.1) is 12.8 Å². The Balaban J connectivity index is 1.68. The first kappa shape index (κ1) is 17.8. The number of aryl methyl sites for hydroxylation is 1. The number of carbonyl (C=O) groups is 1. The molecule has 1 aliphatic rings. The number of aliphatic hydroxyl groups is 1. The maximum atomic E-state index is 12.7. The van der Waals surface area contributed by atoms with Gasteiger partial charge >= 0.3 is 0 Å². The van der Waals surface area contributed by atoms with Gasteiger partial charge in [-0.2, -0.15) is 5.10 Å². The van der Waals surface area contributed by atoms with Gasteiger partial charge < -0.3 is 14.7 Å². The number of hydrogen-bond acceptors (Lipinski definition) is 4. The summed E-state index contributed by atoms with van der Waals surface area (Å²) in [4.78, 5) is 14.4. The Kier molecular flexibility index (Phi) is 5.30. The predicted octanol–water partition coefficient (Wildman–Crippen LogP) is 2.45. The Hall–Kier alpha value is -2.05. The topological polar surface area (TPSA) is 78.5 Å². The van der Waals surface area contributed by atoms with E-state index in [2.05, 4.69) is 10.2 Å². The van der Waals surface area contributed by atoms with Gasteiger partial charge in [-0.15, -0.1) is 0 Å². The number of halogens is 1. The third-order valence-corrected chi connectivity index (χ3v) is 4.70. The van der Waals surface area contributed by atoms with Crippen LogP contribution in [-0.4, -0.2) is 51.9 Å². The van der Waals surface area contributed by atoms with E-state index in [-0.39, 0.29) is 11.8 Å². The number of nitrogens with one attached hydrogen (secondary N) is 1. The highest BCUT2D eigenvalue weighted by molar-refractivity contribution is 6.32. The number of ether oxygens (including phenoxy) is 1. The summed E-state index contributed by atoms with van der Waals surface area (Å²) >= 11 is 6.17. The molecule has 0 bridgehead atoms. The van der Waals surface area contributed by atoms with Crippen LogP contribution in [0.5, 0.6) is 5.75 Å². The molecule has 1 amide bonds. The van der Waals surface area contributed by atoms with E-state index in [4.69, 9.17) is 16.3 Å². The van der Waals surface area contributed by atoms with Crippen LogP contribution in [0.15, 0.2) is 24.3 Å². The van der Waals surface area contributed by atoms with Crippen molar-refractivity contribution in [2.24, 2.45) is 5.92 Å². The lowest BCUT2D eigenvalue weighted by molar-refractivity contribution is 0.0764. The normalized spacial score (nSPS) is 20.1. The molecule has 25 heavy (non-hydrogen) atoms. The number of aromatic amines is 1. The Morgan fingerprint density at radius 2 is 2.24 bits per heavy atom. The van der Waals surface area contributed by atoms with Gasteiger partial charge in [0.05, 0.1) is 23.4 Å². The molecule has 0 unspecified atom stereocenters. The molecule has 7 heteroatoms. The van der Waals surface area contributed by atoms with Crippen molar-refractivity contribution < 1.29 is 14.6 Å². The maximum Gasteiger partial charge on any atom is 0.254 e. The quantitative estimate of drug-likeness (QED) is 0.855. The smallest absolute Gasteiger partial charge is 0.254 e. The SMILES string of the molecule is CCOc1ccc(C(=O)N2C[C@@H](Cc3cc(C)[nH]n3)[C@@H](O)C2)cc1Cl. The molecule has 0 spiro atoms. The largest absolute Gasteiger partial charge is 0.492 e. The van der Waals surface area contributed by atoms with Crippen LogP contribution < -0.4 is 4.74 Å². The van der Waals surface area contributed by atoms with Crippen LogP contribution >= 0.6 is 11.6 Å². The van der Waals surface area contributed by atoms with Gasteiger partial charge in [-0.1, -0.05) is 11.6 Å². The van der Waals surface area contributed by atoms with Gasteiger partial charge in [0.2, 0.25) is 0 Å². The summed E-state index contributed by atoms with van der Waals surface area (Å²) in [6.45, 7) is 5.14. The maximum absolute atomic E-state index is 12.7. The Morgan fingerprint density at radius 3 is 2.88 bits per heavy atom. The fourth-order valence-electron chi connectivity index (χ4n) is 3.16. The molecule has 2 heterocycles. The van der Waals surface area contributed by atoms with Gasteiger partial charge in [0.25, 0.3) is 5.91 Å². The fourth-order valence-corrected chi connectivity index (χ4v) is 3.39. The molecule has 2 atom stereocenters. The summed E-state index contributed by atoms with van der Waals surface area (Å²) in [6.07, 6.45) is 0.0819. The van der Waals surface area contributed by atoms with Crippen molar-refractivity contribution >= 4 is 17.5 Å². The van der Waals surface area contributed by atoms with Crippen LogP contribution in [0.3, 0.4) is 0 Å². The highest BCUT2D eigenvalue weighted by Crippen LogP contribution is 2.28. The Labute approximate surface area is 151 Å². The Morgan fingerprint density at radius 1 is 1.44 bits per heavy atom. The van der Waals surface area contributed by atoms with E-state index >= 15 is 0 Å². The number of carbonyl (C=O) groups excluding carboxylic acids is 1. The monoisotopic (exact) mass is 363 g/mol. The van der Waals surface area contributed by atoms with E-state index in [1.165, 1.54) is 0 Å². The number of aliphatic hydroxyl groups excluding tert-OH is 1. The standard InChI is InChI=1S/C18H22ClN3O3/c1-3-25-17-5-4-12(8-15(17)19)18(24)22-9-13(16(23)10-22)7-14-6-11(2)20-21-14/h4-6,8,13,16,23H,3,7,9-10H2,1-2H3,(H,20,21)/t13-,16+/m1/s1. The summed E-state index contributed by atoms with van der Waals surface area (Å²) in [5, 5.41) is 17.8. The van der Waals surface area contributed by atoms with Gasteiger partial charge in [0.1, 0.15) is 5.75 Å². The number of amides is 1. The lowest BCUT2D eigenvalue weighted by Crippen LogP contribution is -2.29. The molecule has 134 valence electrons. The third kappa shape index (κ3) is 3.96. The number of likely N-dealkylation sites (tertiary alicyclic amines) is 1. The van der Waals surface area contributed by atoms with Gasteiger partial charge in [-0.05, 0) is 44.5 Å². The zero-order valence-corrected chi connectivity index (χ0v) is 15.1. The van der Waals surface area contributed by atoms with Crippen molar-refractivity contribution in [1.29, 1.82) is 0 Å². The number of benzene rings is 1. The van der Waals surface area contributed by atoms with Crippen molar-refractivity contribution in [3.05, 3.63) is 46.2 Å². The second-order valence-electron chi connectivity index (χ2n) is 6.36. The van der Waals surface area contributed by atoms with Gasteiger partial charge in [-0.25, -0.2) is 0 Å². The zero-order valence-electron chi connectivity index (χ0n) is 14.3. The van der Waals surface area contributed by atoms with Crippen LogP contribution in [0.4, 0.5) is 0 Å². The van der Waals surface area contributed by atoms with Crippen molar-refractivity contribution in [3.8, 4) is 5.75 Å². The average molecular weight is 364 g/mol. The van der Waals surface area contributed by atoms with Gasteiger partial charge in [0.15, 0.2) is 0 Å². The van der Waals surface area contributed by atoms with E-state index in [1.807, 2.05) is 19.9 Å². The van der Waals surface area contributed by atoms with E-state index in [0.717, 1.165) is 11.4 Å². The van der Waals surface area contributed by atoms with E-state index in [9.17, 15) is 9.90 Å². The predicted molar refractivity (Wildman–Crippen MR) is 95.1 cm³/mol. The number of β-amino-alcohol motifs (C(OH)–C–C–N with tert-alkyl or cyclic N) is 1. The van der Waals surface area contributed by atoms with Crippen molar-refractivity contribution in [1.82, 2.24) is 15.1 Å². The second kappa shape index (κ2) is 7.45. The average Bonchev–Trinajstić information content (AvgIpc) is 3.15. The Bertz CT molecular complexity index is 762. The second-order valence-corrected chi connectivity index (χ2v) is 6.77. The molecule has 1 aliphatic heterocycles. The molecule has 0 radical (unpaired) electrons. The van der Waals surface area contributed by atoms with Crippen molar-refractivity contribution in [2.45, 2.75) is 26.4 Å². The minimum absolute atomic E-state index is 0.0233. The molecule has 1 aromatic carbocycles. The summed E-state index contributed by atoms with van der Waals surface area (Å²) in [6, 6.07) is 6.99. The summed E-state index contributed by atoms with van der Waals surface area (Å²) in [5.41, 5.74) is 2.39. The molecule has 3 rings (SSSR count). The highest BCUT2D eigenvalue weighted by atomic mass is 35.5. The molecular formula is C18H22ClN3O3. The molecule has 1 fully saturated rings. The number of hydrogen-bond donors (Lipinski definition) is 2. The molecule has 1 saturated heterocycles. The highest BCUT2D eigenvalue weighted by Gasteiger charge is 2.34. The van der Waals surface area contributed by atoms with Crippen molar-refractivity contribution in [2.75, 3.05) is 19.7 Å². The minimum Gasteiger partial charge on any atom is -0.492 e. The summed E-state index contributed by atoms with van der Waals surface area (Å²) in [5.74, 6) is 0.406. The molecule has 0 saturated carbocycles. The molecule has 1 aromatic heterocycles. The number of H-pyrrole nitrogens is 1. The first-order valence-corrected chi connectivity index (χ1v) is 8.76. The molecule has 6 nitrogen and oxygen atoms in total. The minimum atomic E-state index is -0.556. The molecular weight excluding hydrogens is 342 g/mol. The number of rotatable bonds is 5. The lowest BCUT2D eigenvalue weighted by atomic mass is 10.0. The van der Waals surface area contributed by atoms with Crippen LogP contribution in [0.2, 0.25) is 5.02 Å². The van der Waals surface area contributed by atoms with E-state index < -0.39 is 6.10 Å². The third-order valence-electron chi connectivity index (χ3n) is 4.40. The van der Waals surface area contributed by atoms with Crippen molar-refractivity contribution in [3.63, 3.8) is 0 Å². The van der Waals surface area contributed by atoms with Crippen LogP contribution in [0.1, 0.15) is 28.7 Å². The first-order chi connectivity index (χ1) is 12.0. The van der Waals surface area contributed by atoms with Crippen LogP contribution in [-0.2, 0) is 6.42 Å². The molecule has 2 aromatic rings. The van der Waals surface area contributed by atoms with Gasteiger partial charge in [-0.3, -0.25) is 9.89 Å². The zero-order chi connectivity index (χ0) is 18.0. The lowest BCUT2D eigenvalue weighted by Gasteiger charge is -2.16. The van der Waals surface area contributed by atoms with E-state index in [1.54, 1.807) is 23.1 Å². The van der Waals surface area contributed by atoms with Gasteiger partial charge in [0, 0.05) is 30.3 Å². The van der Waals surface area contributed by atoms with Crippen LogP contribution in [0.25, 0.3) is 0 Å². The first-order valence-electron chi connectivity index (χ1n) is 8.38. The fraction of sp³-hybridized carbons (Fsp3) is 0.444. The summed E-state index contributed by atoms with van der Waals surface area (Å²) in [7, 11) is 0. The molecule has 0 aliphatic carbocycles. The molecule has 2 N–H and O–H groups in total. The number of aromatic nitrogens is 2. The van der Waals surface area contributed by atoms with E-state index in [0.29, 0.717) is 42.5 Å². The number of nitrogens with zero attached hydrogens (tertiary/aromatic N) is 2.